The predicted octanol–water partition coefficient (Wildman–Crippen LogP) is 8.12. The first-order valence-corrected chi connectivity index (χ1v) is 13.9. The molecule has 7 aromatic heterocycles. The van der Waals surface area contributed by atoms with Gasteiger partial charge in [-0.15, -0.1) is 11.3 Å². The lowest BCUT2D eigenvalue weighted by Gasteiger charge is -2.10. The Hall–Kier alpha value is -5.40. The zero-order valence-corrected chi connectivity index (χ0v) is 22.6. The molecule has 0 atom stereocenters. The normalized spacial score (nSPS) is 10.9. The van der Waals surface area contributed by atoms with Crippen LogP contribution < -0.4 is 0 Å². The maximum atomic E-state index is 5.08. The second-order valence-electron chi connectivity index (χ2n) is 9.19. The van der Waals surface area contributed by atoms with E-state index in [1.165, 1.54) is 0 Å². The summed E-state index contributed by atoms with van der Waals surface area (Å²) in [4.78, 5) is 30.7. The van der Waals surface area contributed by atoms with Gasteiger partial charge in [0.2, 0.25) is 0 Å². The second kappa shape index (κ2) is 11.0. The van der Waals surface area contributed by atoms with E-state index in [9.17, 15) is 0 Å². The smallest absolute Gasteiger partial charge is 0.0894 e. The summed E-state index contributed by atoms with van der Waals surface area (Å²) in [6, 6.07) is 35.7. The Morgan fingerprint density at radius 1 is 0.317 bits per heavy atom. The van der Waals surface area contributed by atoms with Gasteiger partial charge in [0.05, 0.1) is 55.3 Å². The van der Waals surface area contributed by atoms with Gasteiger partial charge in [0, 0.05) is 35.9 Å². The molecule has 194 valence electrons. The number of rotatable bonds is 6. The van der Waals surface area contributed by atoms with Gasteiger partial charge in [0.15, 0.2) is 0 Å². The second-order valence-corrected chi connectivity index (χ2v) is 10.2. The third kappa shape index (κ3) is 4.90. The number of aromatic nitrogens is 6. The molecule has 0 spiro atoms. The van der Waals surface area contributed by atoms with Crippen molar-refractivity contribution in [2.75, 3.05) is 0 Å². The average Bonchev–Trinajstić information content (AvgIpc) is 3.47. The van der Waals surface area contributed by atoms with Gasteiger partial charge in [-0.25, -0.2) is 9.97 Å². The minimum absolute atomic E-state index is 0.805. The van der Waals surface area contributed by atoms with Gasteiger partial charge in [-0.05, 0) is 72.8 Å². The molecule has 0 aromatic carbocycles. The topological polar surface area (TPSA) is 77.3 Å². The fraction of sp³-hybridized carbons (Fsp3) is 0. The molecule has 0 N–H and O–H groups in total. The van der Waals surface area contributed by atoms with Crippen LogP contribution in [-0.2, 0) is 0 Å². The summed E-state index contributed by atoms with van der Waals surface area (Å²) in [6.45, 7) is 0. The standard InChI is InChI=1S/C34H22N6S/c1-5-19-35-23(11-1)25-15-9-17-29(39-25)33-31(27-13-3-7-21-37-27)32(28-14-4-8-22-38-28)34(41-33)30-18-10-16-26(40-30)24-12-2-6-20-36-24/h1-22H. The van der Waals surface area contributed by atoms with E-state index < -0.39 is 0 Å². The van der Waals surface area contributed by atoms with Gasteiger partial charge < -0.3 is 0 Å². The van der Waals surface area contributed by atoms with Crippen LogP contribution in [0.25, 0.3) is 66.4 Å². The highest BCUT2D eigenvalue weighted by Crippen LogP contribution is 2.50. The minimum Gasteiger partial charge on any atom is -0.256 e. The first-order valence-electron chi connectivity index (χ1n) is 13.1. The van der Waals surface area contributed by atoms with Gasteiger partial charge in [-0.3, -0.25) is 19.9 Å². The molecule has 0 bridgehead atoms. The van der Waals surface area contributed by atoms with Crippen LogP contribution in [-0.4, -0.2) is 29.9 Å². The van der Waals surface area contributed by atoms with Crippen LogP contribution in [0.1, 0.15) is 0 Å². The van der Waals surface area contributed by atoms with Gasteiger partial charge in [-0.2, -0.15) is 0 Å². The van der Waals surface area contributed by atoms with Crippen molar-refractivity contribution in [3.63, 3.8) is 0 Å². The van der Waals surface area contributed by atoms with Crippen molar-refractivity contribution in [3.8, 4) is 66.4 Å². The molecule has 0 amide bonds. The van der Waals surface area contributed by atoms with E-state index in [0.29, 0.717) is 0 Å². The molecule has 0 aliphatic rings. The number of thiophene rings is 1. The van der Waals surface area contributed by atoms with Crippen molar-refractivity contribution in [2.24, 2.45) is 0 Å². The molecule has 0 radical (unpaired) electrons. The zero-order valence-electron chi connectivity index (χ0n) is 21.8. The largest absolute Gasteiger partial charge is 0.256 e. The van der Waals surface area contributed by atoms with E-state index in [1.54, 1.807) is 23.7 Å². The molecule has 7 aromatic rings. The molecule has 0 unspecified atom stereocenters. The van der Waals surface area contributed by atoms with Crippen LogP contribution >= 0.6 is 11.3 Å². The Morgan fingerprint density at radius 3 is 1.02 bits per heavy atom. The van der Waals surface area contributed by atoms with E-state index in [-0.39, 0.29) is 0 Å². The van der Waals surface area contributed by atoms with E-state index >= 15 is 0 Å². The van der Waals surface area contributed by atoms with Crippen LogP contribution in [0, 0.1) is 0 Å². The molecule has 41 heavy (non-hydrogen) atoms. The molecular formula is C34H22N6S. The Labute approximate surface area is 241 Å². The molecule has 7 rings (SSSR count). The molecule has 7 heterocycles. The van der Waals surface area contributed by atoms with E-state index in [1.807, 2.05) is 122 Å². The number of nitrogens with zero attached hydrogens (tertiary/aromatic N) is 6. The van der Waals surface area contributed by atoms with Crippen LogP contribution in [0.5, 0.6) is 0 Å². The SMILES string of the molecule is c1ccc(-c2cccc(-c3sc(-c4cccc(-c5ccccn5)n4)c(-c4ccccn4)c3-c3ccccn3)n2)nc1. The predicted molar refractivity (Wildman–Crippen MR) is 164 cm³/mol. The summed E-state index contributed by atoms with van der Waals surface area (Å²) in [5.41, 5.74) is 8.55. The van der Waals surface area contributed by atoms with Crippen LogP contribution in [0.15, 0.2) is 134 Å². The number of pyridine rings is 6. The Morgan fingerprint density at radius 2 is 0.659 bits per heavy atom. The summed E-state index contributed by atoms with van der Waals surface area (Å²) < 4.78 is 0. The quantitative estimate of drug-likeness (QED) is 0.210. The molecule has 0 aliphatic carbocycles. The molecule has 0 saturated carbocycles. The van der Waals surface area contributed by atoms with Crippen molar-refractivity contribution in [2.45, 2.75) is 0 Å². The van der Waals surface area contributed by atoms with Crippen molar-refractivity contribution in [3.05, 3.63) is 134 Å². The summed E-state index contributed by atoms with van der Waals surface area (Å²) in [7, 11) is 0. The van der Waals surface area contributed by atoms with Crippen LogP contribution in [0.3, 0.4) is 0 Å². The lowest BCUT2D eigenvalue weighted by molar-refractivity contribution is 1.25. The summed E-state index contributed by atoms with van der Waals surface area (Å²) in [5, 5.41) is 0. The van der Waals surface area contributed by atoms with Gasteiger partial charge in [-0.1, -0.05) is 36.4 Å². The van der Waals surface area contributed by atoms with Gasteiger partial charge >= 0.3 is 0 Å². The zero-order chi connectivity index (χ0) is 27.4. The summed E-state index contributed by atoms with van der Waals surface area (Å²) >= 11 is 1.64. The van der Waals surface area contributed by atoms with Crippen molar-refractivity contribution < 1.29 is 0 Å². The molecule has 7 heteroatoms. The van der Waals surface area contributed by atoms with Crippen molar-refractivity contribution in [1.29, 1.82) is 0 Å². The minimum atomic E-state index is 0.805. The first kappa shape index (κ1) is 24.6. The van der Waals surface area contributed by atoms with Gasteiger partial charge in [0.1, 0.15) is 0 Å². The number of hydrogen-bond acceptors (Lipinski definition) is 7. The summed E-state index contributed by atoms with van der Waals surface area (Å²) in [6.07, 6.45) is 7.20. The van der Waals surface area contributed by atoms with Gasteiger partial charge in [0.25, 0.3) is 0 Å². The van der Waals surface area contributed by atoms with Crippen molar-refractivity contribution >= 4 is 11.3 Å². The molecule has 6 nitrogen and oxygen atoms in total. The Balaban J connectivity index is 1.51. The lowest BCUT2D eigenvalue weighted by Crippen LogP contribution is -1.93. The third-order valence-corrected chi connectivity index (χ3v) is 7.80. The maximum absolute atomic E-state index is 5.08. The molecule has 0 saturated heterocycles. The average molecular weight is 547 g/mol. The monoisotopic (exact) mass is 546 g/mol. The lowest BCUT2D eigenvalue weighted by atomic mass is 9.98. The van der Waals surface area contributed by atoms with E-state index in [2.05, 4.69) is 9.97 Å². The van der Waals surface area contributed by atoms with E-state index in [4.69, 9.17) is 19.9 Å². The fourth-order valence-electron chi connectivity index (χ4n) is 4.74. The highest BCUT2D eigenvalue weighted by molar-refractivity contribution is 7.20. The van der Waals surface area contributed by atoms with Crippen LogP contribution in [0.4, 0.5) is 0 Å². The molecular weight excluding hydrogens is 524 g/mol. The Kier molecular flexibility index (Phi) is 6.61. The highest BCUT2D eigenvalue weighted by atomic mass is 32.1. The van der Waals surface area contributed by atoms with E-state index in [0.717, 1.165) is 66.4 Å². The number of hydrogen-bond donors (Lipinski definition) is 0. The molecule has 0 aliphatic heterocycles. The molecule has 0 fully saturated rings. The first-order chi connectivity index (χ1) is 20.3. The van der Waals surface area contributed by atoms with Crippen molar-refractivity contribution in [1.82, 2.24) is 29.9 Å². The fourth-order valence-corrected chi connectivity index (χ4v) is 6.00. The maximum Gasteiger partial charge on any atom is 0.0894 e. The highest BCUT2D eigenvalue weighted by Gasteiger charge is 2.26. The van der Waals surface area contributed by atoms with Crippen LogP contribution in [0.2, 0.25) is 0 Å². The summed E-state index contributed by atoms with van der Waals surface area (Å²) in [5.74, 6) is 0. The third-order valence-electron chi connectivity index (χ3n) is 6.57. The Bertz CT molecular complexity index is 1780.